The molecule has 0 saturated heterocycles. The second kappa shape index (κ2) is 6.93. The molecule has 0 aliphatic carbocycles. The minimum absolute atomic E-state index is 0.0382. The molecular weight excluding hydrogens is 424 g/mol. The number of halogens is 1. The lowest BCUT2D eigenvalue weighted by Gasteiger charge is -2.09. The van der Waals surface area contributed by atoms with Crippen LogP contribution in [-0.2, 0) is 10.1 Å². The fourth-order valence-corrected chi connectivity index (χ4v) is 3.77. The Labute approximate surface area is 157 Å². The summed E-state index contributed by atoms with van der Waals surface area (Å²) in [6, 6.07) is 9.55. The molecule has 0 spiro atoms. The van der Waals surface area contributed by atoms with Gasteiger partial charge in [0.25, 0.3) is 0 Å². The summed E-state index contributed by atoms with van der Waals surface area (Å²) in [5.41, 5.74) is 1.89. The molecule has 0 atom stereocenters. The van der Waals surface area contributed by atoms with Gasteiger partial charge in [-0.3, -0.25) is 10.1 Å². The van der Waals surface area contributed by atoms with Gasteiger partial charge in [-0.15, -0.1) is 0 Å². The van der Waals surface area contributed by atoms with Gasteiger partial charge in [0.2, 0.25) is 6.20 Å². The predicted octanol–water partition coefficient (Wildman–Crippen LogP) is 4.25. The second-order valence-electron chi connectivity index (χ2n) is 5.52. The first kappa shape index (κ1) is 18.2. The molecule has 0 radical (unpaired) electrons. The van der Waals surface area contributed by atoms with Crippen molar-refractivity contribution in [2.45, 2.75) is 11.8 Å². The lowest BCUT2D eigenvalue weighted by atomic mass is 10.1. The third-order valence-electron chi connectivity index (χ3n) is 3.63. The molecule has 0 saturated carbocycles. The smallest absolute Gasteiger partial charge is 0.339 e. The van der Waals surface area contributed by atoms with E-state index in [1.807, 2.05) is 6.92 Å². The molecular formula is C17H13BrN2O5S. The highest BCUT2D eigenvalue weighted by atomic mass is 79.9. The van der Waals surface area contributed by atoms with Gasteiger partial charge in [-0.1, -0.05) is 33.6 Å². The summed E-state index contributed by atoms with van der Waals surface area (Å²) < 4.78 is 31.0. The number of aromatic amines is 1. The molecule has 3 aromatic rings. The fourth-order valence-electron chi connectivity index (χ4n) is 2.40. The van der Waals surface area contributed by atoms with E-state index < -0.39 is 15.0 Å². The van der Waals surface area contributed by atoms with Crippen molar-refractivity contribution in [3.63, 3.8) is 0 Å². The van der Waals surface area contributed by atoms with Crippen LogP contribution >= 0.6 is 15.9 Å². The minimum atomic E-state index is -4.02. The van der Waals surface area contributed by atoms with Crippen molar-refractivity contribution in [2.75, 3.05) is 0 Å². The molecule has 0 aliphatic heterocycles. The van der Waals surface area contributed by atoms with Crippen LogP contribution in [0.5, 0.6) is 5.75 Å². The van der Waals surface area contributed by atoms with Crippen LogP contribution in [0.25, 0.3) is 17.0 Å². The van der Waals surface area contributed by atoms with Crippen LogP contribution in [0.4, 0.5) is 0 Å². The number of nitrogens with zero attached hydrogens (tertiary/aromatic N) is 1. The number of hydrogen-bond acceptors (Lipinski definition) is 5. The highest BCUT2D eigenvalue weighted by molar-refractivity contribution is 9.10. The SMILES string of the molecule is Cc1ccc(S(=O)(=O)Oc2cc(Br)cc3c(/C=C/[N+](=O)[O-])c[nH]c23)cc1. The summed E-state index contributed by atoms with van der Waals surface area (Å²) >= 11 is 3.31. The molecule has 134 valence electrons. The molecule has 0 aliphatic rings. The van der Waals surface area contributed by atoms with E-state index in [1.165, 1.54) is 24.3 Å². The highest BCUT2D eigenvalue weighted by Gasteiger charge is 2.19. The van der Waals surface area contributed by atoms with E-state index >= 15 is 0 Å². The van der Waals surface area contributed by atoms with E-state index in [1.54, 1.807) is 24.4 Å². The first-order valence-corrected chi connectivity index (χ1v) is 9.60. The first-order chi connectivity index (χ1) is 12.3. The van der Waals surface area contributed by atoms with Crippen LogP contribution in [0.1, 0.15) is 11.1 Å². The summed E-state index contributed by atoms with van der Waals surface area (Å²) in [5, 5.41) is 11.1. The van der Waals surface area contributed by atoms with E-state index in [9.17, 15) is 18.5 Å². The molecule has 26 heavy (non-hydrogen) atoms. The van der Waals surface area contributed by atoms with Crippen LogP contribution < -0.4 is 4.18 Å². The van der Waals surface area contributed by atoms with E-state index in [0.29, 0.717) is 20.9 Å². The number of hydrogen-bond donors (Lipinski definition) is 1. The van der Waals surface area contributed by atoms with Crippen molar-refractivity contribution in [2.24, 2.45) is 0 Å². The van der Waals surface area contributed by atoms with Gasteiger partial charge in [0.1, 0.15) is 4.90 Å². The number of fused-ring (bicyclic) bond motifs is 1. The van der Waals surface area contributed by atoms with Crippen molar-refractivity contribution in [3.8, 4) is 5.75 Å². The first-order valence-electron chi connectivity index (χ1n) is 7.40. The molecule has 9 heteroatoms. The molecule has 1 aromatic heterocycles. The zero-order valence-electron chi connectivity index (χ0n) is 13.5. The summed E-state index contributed by atoms with van der Waals surface area (Å²) in [6.45, 7) is 1.86. The number of aromatic nitrogens is 1. The van der Waals surface area contributed by atoms with Crippen molar-refractivity contribution < 1.29 is 17.5 Å². The van der Waals surface area contributed by atoms with Crippen LogP contribution in [0.3, 0.4) is 0 Å². The van der Waals surface area contributed by atoms with Gasteiger partial charge in [-0.25, -0.2) is 0 Å². The van der Waals surface area contributed by atoms with Gasteiger partial charge in [0.15, 0.2) is 5.75 Å². The summed E-state index contributed by atoms with van der Waals surface area (Å²) in [7, 11) is -4.02. The van der Waals surface area contributed by atoms with Gasteiger partial charge in [-0.2, -0.15) is 8.42 Å². The summed E-state index contributed by atoms with van der Waals surface area (Å²) in [6.07, 6.45) is 3.68. The molecule has 2 aromatic carbocycles. The topological polar surface area (TPSA) is 102 Å². The maximum atomic E-state index is 12.5. The maximum Gasteiger partial charge on any atom is 0.339 e. The average Bonchev–Trinajstić information content (AvgIpc) is 2.96. The number of nitro groups is 1. The zero-order chi connectivity index (χ0) is 18.9. The lowest BCUT2D eigenvalue weighted by molar-refractivity contribution is -0.400. The Morgan fingerprint density at radius 3 is 2.58 bits per heavy atom. The summed E-state index contributed by atoms with van der Waals surface area (Å²) in [5.74, 6) is 0.0932. The quantitative estimate of drug-likeness (QED) is 0.365. The highest BCUT2D eigenvalue weighted by Crippen LogP contribution is 2.34. The molecule has 0 bridgehead atoms. The van der Waals surface area contributed by atoms with Crippen molar-refractivity contribution >= 4 is 43.0 Å². The van der Waals surface area contributed by atoms with E-state index in [0.717, 1.165) is 11.8 Å². The molecule has 1 N–H and O–H groups in total. The largest absolute Gasteiger partial charge is 0.377 e. The monoisotopic (exact) mass is 436 g/mol. The number of benzene rings is 2. The Morgan fingerprint density at radius 2 is 1.92 bits per heavy atom. The van der Waals surface area contributed by atoms with Crippen molar-refractivity contribution in [1.82, 2.24) is 4.98 Å². The molecule has 0 fully saturated rings. The standard InChI is InChI=1S/C17H13BrN2O5S/c1-11-2-4-14(5-3-11)26(23,24)25-16-9-13(18)8-15-12(6-7-20(21)22)10-19-17(15)16/h2-10,19H,1H3/b7-6+. The molecule has 3 rings (SSSR count). The van der Waals surface area contributed by atoms with E-state index in [4.69, 9.17) is 4.18 Å². The van der Waals surface area contributed by atoms with Gasteiger partial charge in [-0.05, 0) is 31.2 Å². The van der Waals surface area contributed by atoms with Gasteiger partial charge in [0.05, 0.1) is 10.4 Å². The zero-order valence-corrected chi connectivity index (χ0v) is 15.9. The number of rotatable bonds is 5. The van der Waals surface area contributed by atoms with Gasteiger partial charge < -0.3 is 9.17 Å². The minimum Gasteiger partial charge on any atom is -0.377 e. The Balaban J connectivity index is 2.05. The van der Waals surface area contributed by atoms with Crippen LogP contribution in [0.15, 0.2) is 58.2 Å². The van der Waals surface area contributed by atoms with Crippen LogP contribution in [-0.4, -0.2) is 18.3 Å². The second-order valence-corrected chi connectivity index (χ2v) is 7.98. The molecule has 1 heterocycles. The number of aryl methyl sites for hydroxylation is 1. The molecule has 0 unspecified atom stereocenters. The Morgan fingerprint density at radius 1 is 1.23 bits per heavy atom. The molecule has 0 amide bonds. The van der Waals surface area contributed by atoms with Crippen molar-refractivity contribution in [3.05, 3.63) is 74.5 Å². The average molecular weight is 437 g/mol. The third kappa shape index (κ3) is 3.78. The fraction of sp³-hybridized carbons (Fsp3) is 0.0588. The Bertz CT molecular complexity index is 1120. The van der Waals surface area contributed by atoms with Gasteiger partial charge >= 0.3 is 10.1 Å². The number of H-pyrrole nitrogens is 1. The lowest BCUT2D eigenvalue weighted by Crippen LogP contribution is -2.10. The summed E-state index contributed by atoms with van der Waals surface area (Å²) in [4.78, 5) is 12.9. The Hall–Kier alpha value is -2.65. The van der Waals surface area contributed by atoms with Crippen LogP contribution in [0, 0.1) is 17.0 Å². The predicted molar refractivity (Wildman–Crippen MR) is 101 cm³/mol. The normalized spacial score (nSPS) is 11.9. The van der Waals surface area contributed by atoms with E-state index in [-0.39, 0.29) is 10.6 Å². The van der Waals surface area contributed by atoms with Gasteiger partial charge in [0, 0.05) is 27.7 Å². The maximum absolute atomic E-state index is 12.5. The Kier molecular flexibility index (Phi) is 4.84. The van der Waals surface area contributed by atoms with E-state index in [2.05, 4.69) is 20.9 Å². The van der Waals surface area contributed by atoms with Crippen molar-refractivity contribution in [1.29, 1.82) is 0 Å². The van der Waals surface area contributed by atoms with Crippen LogP contribution in [0.2, 0.25) is 0 Å². The third-order valence-corrected chi connectivity index (χ3v) is 5.34. The number of nitrogens with one attached hydrogen (secondary N) is 1. The molecule has 7 nitrogen and oxygen atoms in total.